The van der Waals surface area contributed by atoms with Crippen LogP contribution in [0.3, 0.4) is 0 Å². The molecule has 0 radical (unpaired) electrons. The smallest absolute Gasteiger partial charge is 0.249 e. The topological polar surface area (TPSA) is 61.4 Å². The number of carbonyl (C=O) groups is 2. The summed E-state index contributed by atoms with van der Waals surface area (Å²) in [5.41, 5.74) is 2.09. The quantitative estimate of drug-likeness (QED) is 0.891. The predicted molar refractivity (Wildman–Crippen MR) is 90.3 cm³/mol. The van der Waals surface area contributed by atoms with Crippen molar-refractivity contribution in [1.29, 1.82) is 0 Å². The molecule has 2 aliphatic heterocycles. The van der Waals surface area contributed by atoms with Gasteiger partial charge >= 0.3 is 0 Å². The molecule has 2 N–H and O–H groups in total. The fourth-order valence-electron chi connectivity index (χ4n) is 3.36. The molecule has 1 aromatic rings. The third-order valence-electron chi connectivity index (χ3n) is 4.81. The van der Waals surface area contributed by atoms with Crippen molar-refractivity contribution < 1.29 is 9.59 Å². The van der Waals surface area contributed by atoms with E-state index >= 15 is 0 Å². The minimum atomic E-state index is -0.382. The van der Waals surface area contributed by atoms with E-state index in [1.54, 1.807) is 4.90 Å². The Morgan fingerprint density at radius 1 is 1.17 bits per heavy atom. The Morgan fingerprint density at radius 3 is 2.57 bits per heavy atom. The first-order valence-corrected chi connectivity index (χ1v) is 8.54. The summed E-state index contributed by atoms with van der Waals surface area (Å²) in [5.74, 6) is 0.0943. The van der Waals surface area contributed by atoms with E-state index < -0.39 is 0 Å². The zero-order valence-electron chi connectivity index (χ0n) is 13.7. The Balaban J connectivity index is 1.64. The van der Waals surface area contributed by atoms with Gasteiger partial charge in [-0.1, -0.05) is 17.7 Å². The van der Waals surface area contributed by atoms with Crippen LogP contribution >= 0.6 is 0 Å². The van der Waals surface area contributed by atoms with Crippen molar-refractivity contribution in [3.05, 3.63) is 29.8 Å². The van der Waals surface area contributed by atoms with Gasteiger partial charge in [-0.15, -0.1) is 0 Å². The Hall–Kier alpha value is -1.88. The molecule has 3 rings (SSSR count). The lowest BCUT2D eigenvalue weighted by Gasteiger charge is -2.34. The molecule has 0 aromatic heterocycles. The summed E-state index contributed by atoms with van der Waals surface area (Å²) in [7, 11) is 0. The zero-order valence-corrected chi connectivity index (χ0v) is 13.7. The number of carbonyl (C=O) groups excluding carboxylic acids is 2. The van der Waals surface area contributed by atoms with E-state index in [1.807, 2.05) is 31.2 Å². The van der Waals surface area contributed by atoms with Crippen LogP contribution in [0, 0.1) is 12.8 Å². The largest absolute Gasteiger partial charge is 0.344 e. The van der Waals surface area contributed by atoms with Crippen molar-refractivity contribution in [2.24, 2.45) is 5.92 Å². The first-order valence-electron chi connectivity index (χ1n) is 8.54. The van der Waals surface area contributed by atoms with Crippen LogP contribution in [0.15, 0.2) is 24.3 Å². The second kappa shape index (κ2) is 7.13. The van der Waals surface area contributed by atoms with Crippen molar-refractivity contribution in [2.45, 2.75) is 38.6 Å². The fraction of sp³-hybridized carbons (Fsp3) is 0.556. The molecule has 1 atom stereocenters. The molecule has 0 bridgehead atoms. The predicted octanol–water partition coefficient (Wildman–Crippen LogP) is 1.61. The number of hydrogen-bond donors (Lipinski definition) is 2. The van der Waals surface area contributed by atoms with Gasteiger partial charge in [0.25, 0.3) is 0 Å². The van der Waals surface area contributed by atoms with Crippen molar-refractivity contribution in [1.82, 2.24) is 10.6 Å². The highest BCUT2D eigenvalue weighted by Gasteiger charge is 2.32. The third-order valence-corrected chi connectivity index (χ3v) is 4.81. The van der Waals surface area contributed by atoms with E-state index in [0.717, 1.165) is 51.0 Å². The molecule has 5 heteroatoms. The summed E-state index contributed by atoms with van der Waals surface area (Å²) in [6.07, 6.45) is 3.36. The van der Waals surface area contributed by atoms with Crippen molar-refractivity contribution in [3.63, 3.8) is 0 Å². The maximum atomic E-state index is 12.7. The van der Waals surface area contributed by atoms with Gasteiger partial charge in [-0.25, -0.2) is 0 Å². The summed E-state index contributed by atoms with van der Waals surface area (Å²) in [4.78, 5) is 26.9. The number of benzene rings is 1. The maximum Gasteiger partial charge on any atom is 0.249 e. The summed E-state index contributed by atoms with van der Waals surface area (Å²) < 4.78 is 0. The number of nitrogens with one attached hydrogen (secondary N) is 2. The normalized spacial score (nSPS) is 22.9. The van der Waals surface area contributed by atoms with E-state index in [1.165, 1.54) is 5.56 Å². The summed E-state index contributed by atoms with van der Waals surface area (Å²) in [6, 6.07) is 7.60. The number of piperidine rings is 2. The molecule has 23 heavy (non-hydrogen) atoms. The molecule has 1 unspecified atom stereocenters. The zero-order chi connectivity index (χ0) is 16.2. The lowest BCUT2D eigenvalue weighted by Crippen LogP contribution is -2.54. The minimum Gasteiger partial charge on any atom is -0.344 e. The summed E-state index contributed by atoms with van der Waals surface area (Å²) in [6.45, 7) is 4.52. The van der Waals surface area contributed by atoms with Crippen LogP contribution in [0.5, 0.6) is 0 Å². The number of rotatable bonds is 3. The van der Waals surface area contributed by atoms with Crippen LogP contribution < -0.4 is 15.5 Å². The average molecular weight is 315 g/mol. The van der Waals surface area contributed by atoms with Crippen molar-refractivity contribution in [2.75, 3.05) is 24.5 Å². The van der Waals surface area contributed by atoms with Crippen LogP contribution in [0.4, 0.5) is 5.69 Å². The van der Waals surface area contributed by atoms with E-state index in [0.29, 0.717) is 0 Å². The first kappa shape index (κ1) is 16.0. The molecule has 0 aliphatic carbocycles. The highest BCUT2D eigenvalue weighted by Crippen LogP contribution is 2.22. The monoisotopic (exact) mass is 315 g/mol. The van der Waals surface area contributed by atoms with Gasteiger partial charge in [0.2, 0.25) is 11.8 Å². The first-order chi connectivity index (χ1) is 11.1. The molecule has 2 heterocycles. The van der Waals surface area contributed by atoms with Gasteiger partial charge < -0.3 is 15.5 Å². The third kappa shape index (κ3) is 3.72. The van der Waals surface area contributed by atoms with E-state index in [4.69, 9.17) is 0 Å². The number of hydrogen-bond acceptors (Lipinski definition) is 3. The second-order valence-corrected chi connectivity index (χ2v) is 6.55. The average Bonchev–Trinajstić information content (AvgIpc) is 2.58. The van der Waals surface area contributed by atoms with E-state index in [2.05, 4.69) is 10.6 Å². The van der Waals surface area contributed by atoms with Crippen LogP contribution in [0.25, 0.3) is 0 Å². The standard InChI is InChI=1S/C18H25N3O2/c1-13-4-6-15(7-5-13)21-12-2-3-16(18(21)23)20-17(22)14-8-10-19-11-9-14/h4-7,14,16,19H,2-3,8-12H2,1H3,(H,20,22). The Kier molecular flexibility index (Phi) is 4.96. The molecule has 2 aliphatic rings. The van der Waals surface area contributed by atoms with Gasteiger partial charge in [0.15, 0.2) is 0 Å². The highest BCUT2D eigenvalue weighted by atomic mass is 16.2. The molecule has 5 nitrogen and oxygen atoms in total. The molecule has 2 amide bonds. The second-order valence-electron chi connectivity index (χ2n) is 6.55. The number of anilines is 1. The summed E-state index contributed by atoms with van der Waals surface area (Å²) in [5, 5.41) is 6.25. The molecule has 0 spiro atoms. The number of aryl methyl sites for hydroxylation is 1. The minimum absolute atomic E-state index is 0.0161. The Morgan fingerprint density at radius 2 is 1.87 bits per heavy atom. The maximum absolute atomic E-state index is 12.7. The molecule has 2 saturated heterocycles. The lowest BCUT2D eigenvalue weighted by atomic mass is 9.95. The Labute approximate surface area is 137 Å². The molecular weight excluding hydrogens is 290 g/mol. The molecule has 0 saturated carbocycles. The SMILES string of the molecule is Cc1ccc(N2CCCC(NC(=O)C3CCNCC3)C2=O)cc1. The highest BCUT2D eigenvalue weighted by molar-refractivity contribution is 6.00. The Bertz CT molecular complexity index is 564. The van der Waals surface area contributed by atoms with E-state index in [-0.39, 0.29) is 23.8 Å². The van der Waals surface area contributed by atoms with Crippen LogP contribution in [0.2, 0.25) is 0 Å². The van der Waals surface area contributed by atoms with Crippen LogP contribution in [0.1, 0.15) is 31.2 Å². The van der Waals surface area contributed by atoms with Gasteiger partial charge in [0.1, 0.15) is 6.04 Å². The molecular formula is C18H25N3O2. The molecule has 1 aromatic carbocycles. The molecule has 2 fully saturated rings. The number of amides is 2. The number of nitrogens with zero attached hydrogens (tertiary/aromatic N) is 1. The van der Waals surface area contributed by atoms with Gasteiger partial charge in [0.05, 0.1) is 0 Å². The fourth-order valence-corrected chi connectivity index (χ4v) is 3.36. The van der Waals surface area contributed by atoms with Crippen molar-refractivity contribution >= 4 is 17.5 Å². The van der Waals surface area contributed by atoms with Crippen LogP contribution in [-0.2, 0) is 9.59 Å². The van der Waals surface area contributed by atoms with Gasteiger partial charge in [-0.05, 0) is 57.8 Å². The van der Waals surface area contributed by atoms with E-state index in [9.17, 15) is 9.59 Å². The van der Waals surface area contributed by atoms with Crippen molar-refractivity contribution in [3.8, 4) is 0 Å². The van der Waals surface area contributed by atoms with Gasteiger partial charge in [0, 0.05) is 18.2 Å². The molecule has 124 valence electrons. The van der Waals surface area contributed by atoms with Crippen LogP contribution in [-0.4, -0.2) is 37.5 Å². The summed E-state index contributed by atoms with van der Waals surface area (Å²) >= 11 is 0. The van der Waals surface area contributed by atoms with Gasteiger partial charge in [-0.2, -0.15) is 0 Å². The lowest BCUT2D eigenvalue weighted by molar-refractivity contribution is -0.131. The van der Waals surface area contributed by atoms with Gasteiger partial charge in [-0.3, -0.25) is 9.59 Å².